The largest absolute Gasteiger partial charge is 0.355 e. The third kappa shape index (κ3) is 5.53. The van der Waals surface area contributed by atoms with Crippen LogP contribution in [0.1, 0.15) is 43.2 Å². The standard InChI is InChI=1S/C28H29F2N3O4S2/c1-3-22-17-33(24-6-4-5-7-26(24)38-22)28(34)20-12-14-32(15-13-20)39(35,36)27-18(2)31-37-25(27)11-9-19-8-10-21(29)16-23(19)30/h4-11,16,20,22H,3,12-15,17H2,1-2H3. The Morgan fingerprint density at radius 1 is 1.15 bits per heavy atom. The van der Waals surface area contributed by atoms with Gasteiger partial charge >= 0.3 is 0 Å². The van der Waals surface area contributed by atoms with E-state index in [9.17, 15) is 22.0 Å². The van der Waals surface area contributed by atoms with Crippen LogP contribution in [0.2, 0.25) is 0 Å². The average Bonchev–Trinajstić information content (AvgIpc) is 3.32. The molecule has 0 aliphatic carbocycles. The molecule has 7 nitrogen and oxygen atoms in total. The Labute approximate surface area is 230 Å². The molecule has 3 heterocycles. The van der Waals surface area contributed by atoms with Gasteiger partial charge in [0.15, 0.2) is 10.7 Å². The van der Waals surface area contributed by atoms with Crippen molar-refractivity contribution in [2.45, 2.75) is 48.2 Å². The van der Waals surface area contributed by atoms with Crippen molar-refractivity contribution in [3.05, 3.63) is 71.1 Å². The number of hydrogen-bond acceptors (Lipinski definition) is 6. The molecule has 0 N–H and O–H groups in total. The van der Waals surface area contributed by atoms with Gasteiger partial charge in [-0.3, -0.25) is 4.79 Å². The van der Waals surface area contributed by atoms with E-state index in [1.807, 2.05) is 29.2 Å². The first-order valence-electron chi connectivity index (χ1n) is 12.9. The van der Waals surface area contributed by atoms with Gasteiger partial charge in [-0.2, -0.15) is 4.31 Å². The summed E-state index contributed by atoms with van der Waals surface area (Å²) in [4.78, 5) is 16.5. The summed E-state index contributed by atoms with van der Waals surface area (Å²) in [5.41, 5.74) is 1.18. The molecule has 2 aromatic carbocycles. The van der Waals surface area contributed by atoms with Crippen molar-refractivity contribution in [3.8, 4) is 0 Å². The number of sulfonamides is 1. The Bertz CT molecular complexity index is 1510. The number of carbonyl (C=O) groups excluding carboxylic acids is 1. The van der Waals surface area contributed by atoms with Crippen LogP contribution in [0.4, 0.5) is 14.5 Å². The molecule has 2 aliphatic rings. The summed E-state index contributed by atoms with van der Waals surface area (Å²) in [5, 5.41) is 4.13. The maximum Gasteiger partial charge on any atom is 0.248 e. The second-order valence-corrected chi connectivity index (χ2v) is 12.9. The smallest absolute Gasteiger partial charge is 0.248 e. The van der Waals surface area contributed by atoms with Crippen molar-refractivity contribution in [3.63, 3.8) is 0 Å². The summed E-state index contributed by atoms with van der Waals surface area (Å²) in [6.45, 7) is 4.64. The van der Waals surface area contributed by atoms with E-state index >= 15 is 0 Å². The lowest BCUT2D eigenvalue weighted by molar-refractivity contribution is -0.123. The monoisotopic (exact) mass is 573 g/mol. The van der Waals surface area contributed by atoms with Gasteiger partial charge in [0, 0.05) is 47.3 Å². The highest BCUT2D eigenvalue weighted by Crippen LogP contribution is 2.41. The number of hydrogen-bond donors (Lipinski definition) is 0. The van der Waals surface area contributed by atoms with E-state index in [2.05, 4.69) is 12.1 Å². The normalized spacial score (nSPS) is 19.0. The van der Waals surface area contributed by atoms with Crippen LogP contribution in [0.15, 0.2) is 56.8 Å². The minimum atomic E-state index is -3.99. The van der Waals surface area contributed by atoms with Crippen LogP contribution in [-0.2, 0) is 14.8 Å². The number of aryl methyl sites for hydroxylation is 1. The van der Waals surface area contributed by atoms with E-state index in [1.165, 1.54) is 29.4 Å². The van der Waals surface area contributed by atoms with E-state index in [1.54, 1.807) is 11.8 Å². The number of para-hydroxylation sites is 1. The van der Waals surface area contributed by atoms with Gasteiger partial charge in [0.2, 0.25) is 15.9 Å². The van der Waals surface area contributed by atoms with E-state index in [4.69, 9.17) is 4.52 Å². The molecule has 5 rings (SSSR count). The Balaban J connectivity index is 1.31. The van der Waals surface area contributed by atoms with E-state index in [-0.39, 0.29) is 46.8 Å². The zero-order valence-corrected chi connectivity index (χ0v) is 23.3. The zero-order valence-electron chi connectivity index (χ0n) is 21.6. The summed E-state index contributed by atoms with van der Waals surface area (Å²) in [7, 11) is -3.99. The van der Waals surface area contributed by atoms with Crippen LogP contribution < -0.4 is 4.90 Å². The van der Waals surface area contributed by atoms with Gasteiger partial charge in [-0.25, -0.2) is 17.2 Å². The predicted octanol–water partition coefficient (Wildman–Crippen LogP) is 5.75. The van der Waals surface area contributed by atoms with Crippen molar-refractivity contribution in [2.24, 2.45) is 5.92 Å². The first kappa shape index (κ1) is 27.5. The minimum absolute atomic E-state index is 0.0318. The van der Waals surface area contributed by atoms with Crippen LogP contribution in [0, 0.1) is 24.5 Å². The van der Waals surface area contributed by atoms with Crippen LogP contribution >= 0.6 is 11.8 Å². The van der Waals surface area contributed by atoms with E-state index in [0.717, 1.165) is 29.1 Å². The summed E-state index contributed by atoms with van der Waals surface area (Å²) < 4.78 is 61.1. The molecule has 0 saturated carbocycles. The summed E-state index contributed by atoms with van der Waals surface area (Å²) >= 11 is 1.79. The van der Waals surface area contributed by atoms with Crippen molar-refractivity contribution in [1.82, 2.24) is 9.46 Å². The molecule has 11 heteroatoms. The van der Waals surface area contributed by atoms with Crippen LogP contribution in [0.3, 0.4) is 0 Å². The molecule has 1 unspecified atom stereocenters. The van der Waals surface area contributed by atoms with Crippen LogP contribution in [-0.4, -0.2) is 48.7 Å². The quantitative estimate of drug-likeness (QED) is 0.374. The van der Waals surface area contributed by atoms with E-state index < -0.39 is 21.7 Å². The fourth-order valence-corrected chi connectivity index (χ4v) is 7.94. The van der Waals surface area contributed by atoms with Crippen molar-refractivity contribution in [2.75, 3.05) is 24.5 Å². The number of nitrogens with zero attached hydrogens (tertiary/aromatic N) is 3. The Hall–Kier alpha value is -3.02. The fraction of sp³-hybridized carbons (Fsp3) is 0.357. The number of anilines is 1. The van der Waals surface area contributed by atoms with Gasteiger partial charge in [0.25, 0.3) is 0 Å². The molecule has 39 heavy (non-hydrogen) atoms. The summed E-state index contributed by atoms with van der Waals surface area (Å²) in [5.74, 6) is -1.78. The van der Waals surface area contributed by atoms with Gasteiger partial charge in [0.1, 0.15) is 17.3 Å². The molecule has 0 bridgehead atoms. The number of thioether (sulfide) groups is 1. The van der Waals surface area contributed by atoms with Gasteiger partial charge in [-0.15, -0.1) is 11.8 Å². The van der Waals surface area contributed by atoms with Crippen molar-refractivity contribution >= 4 is 45.5 Å². The number of aromatic nitrogens is 1. The molecular formula is C28H29F2N3O4S2. The Kier molecular flexibility index (Phi) is 7.93. The molecule has 0 spiro atoms. The molecule has 1 atom stereocenters. The molecule has 1 fully saturated rings. The van der Waals surface area contributed by atoms with Gasteiger partial charge in [-0.05, 0) is 62.6 Å². The summed E-state index contributed by atoms with van der Waals surface area (Å²) in [6.07, 6.45) is 4.38. The summed E-state index contributed by atoms with van der Waals surface area (Å²) in [6, 6.07) is 11.0. The lowest BCUT2D eigenvalue weighted by Crippen LogP contribution is -2.47. The second-order valence-electron chi connectivity index (χ2n) is 9.70. The first-order valence-corrected chi connectivity index (χ1v) is 15.2. The lowest BCUT2D eigenvalue weighted by atomic mass is 9.96. The maximum absolute atomic E-state index is 14.0. The SMILES string of the molecule is CCC1CN(C(=O)C2CCN(S(=O)(=O)c3c(C)noc3C=Cc3ccc(F)cc3F)CC2)c2ccccc2S1. The topological polar surface area (TPSA) is 83.7 Å². The molecule has 0 radical (unpaired) electrons. The van der Waals surface area contributed by atoms with Gasteiger partial charge in [-0.1, -0.05) is 24.2 Å². The molecule has 1 amide bonds. The maximum atomic E-state index is 14.0. The number of halogens is 2. The van der Waals surface area contributed by atoms with Gasteiger partial charge < -0.3 is 9.42 Å². The molecule has 1 saturated heterocycles. The number of rotatable bonds is 6. The molecule has 2 aliphatic heterocycles. The Morgan fingerprint density at radius 3 is 2.62 bits per heavy atom. The third-order valence-corrected chi connectivity index (χ3v) is 10.6. The highest BCUT2D eigenvalue weighted by Gasteiger charge is 2.38. The van der Waals surface area contributed by atoms with Gasteiger partial charge in [0.05, 0.1) is 5.69 Å². The average molecular weight is 574 g/mol. The first-order chi connectivity index (χ1) is 18.7. The molecular weight excluding hydrogens is 544 g/mol. The second kappa shape index (κ2) is 11.2. The minimum Gasteiger partial charge on any atom is -0.355 e. The lowest BCUT2D eigenvalue weighted by Gasteiger charge is -2.38. The van der Waals surface area contributed by atoms with E-state index in [0.29, 0.717) is 24.6 Å². The predicted molar refractivity (Wildman–Crippen MR) is 147 cm³/mol. The molecule has 206 valence electrons. The number of benzene rings is 2. The van der Waals surface area contributed by atoms with Crippen molar-refractivity contribution < 1.29 is 26.5 Å². The van der Waals surface area contributed by atoms with Crippen LogP contribution in [0.5, 0.6) is 0 Å². The third-order valence-electron chi connectivity index (χ3n) is 7.17. The highest BCUT2D eigenvalue weighted by atomic mass is 32.2. The zero-order chi connectivity index (χ0) is 27.7. The number of fused-ring (bicyclic) bond motifs is 1. The number of carbonyl (C=O) groups is 1. The fourth-order valence-electron chi connectivity index (χ4n) is 5.01. The number of amides is 1. The number of piperidine rings is 1. The van der Waals surface area contributed by atoms with Crippen LogP contribution in [0.25, 0.3) is 12.2 Å². The highest BCUT2D eigenvalue weighted by molar-refractivity contribution is 8.00. The molecule has 1 aromatic heterocycles. The van der Waals surface area contributed by atoms with Crippen molar-refractivity contribution in [1.29, 1.82) is 0 Å². The Morgan fingerprint density at radius 2 is 1.90 bits per heavy atom. The molecule has 3 aromatic rings.